The van der Waals surface area contributed by atoms with Crippen molar-refractivity contribution < 1.29 is 19.2 Å². The third kappa shape index (κ3) is 3.16. The molecule has 2 rings (SSSR count). The molecular formula is C17H26N2O4. The molecular weight excluding hydrogens is 296 g/mol. The summed E-state index contributed by atoms with van der Waals surface area (Å²) < 4.78 is 0. The summed E-state index contributed by atoms with van der Waals surface area (Å²) in [7, 11) is 0. The molecule has 2 saturated heterocycles. The largest absolute Gasteiger partial charge is 0.331 e. The first-order valence-corrected chi connectivity index (χ1v) is 8.23. The summed E-state index contributed by atoms with van der Waals surface area (Å²) >= 11 is 0. The number of imide groups is 1. The number of hydrogen-bond acceptors (Lipinski definition) is 4. The highest BCUT2D eigenvalue weighted by Gasteiger charge is 2.52. The van der Waals surface area contributed by atoms with Crippen LogP contribution in [0.3, 0.4) is 0 Å². The van der Waals surface area contributed by atoms with Gasteiger partial charge in [0.1, 0.15) is 11.8 Å². The van der Waals surface area contributed by atoms with Gasteiger partial charge in [-0.3, -0.25) is 24.1 Å². The first-order chi connectivity index (χ1) is 10.6. The topological polar surface area (TPSA) is 74.8 Å². The van der Waals surface area contributed by atoms with E-state index in [0.29, 0.717) is 12.8 Å². The Balaban J connectivity index is 2.25. The fourth-order valence-corrected chi connectivity index (χ4v) is 3.56. The van der Waals surface area contributed by atoms with Crippen LogP contribution in [0.1, 0.15) is 53.9 Å². The molecule has 0 spiro atoms. The zero-order valence-electron chi connectivity index (χ0n) is 14.6. The molecule has 6 nitrogen and oxygen atoms in total. The molecule has 0 aliphatic carbocycles. The van der Waals surface area contributed by atoms with Crippen molar-refractivity contribution in [1.29, 1.82) is 0 Å². The highest BCUT2D eigenvalue weighted by molar-refractivity contribution is 6.08. The number of carbonyl (C=O) groups is 4. The van der Waals surface area contributed by atoms with E-state index in [9.17, 15) is 19.2 Å². The molecule has 0 radical (unpaired) electrons. The Labute approximate surface area is 137 Å². The standard InChI is InChI=1S/C17H26N2O4/c1-6-11-7-13(16(23)18(11)9-10(2)20)19-14(21)8-12(15(19)22)17(3,4)5/h11-13H,6-9H2,1-5H3. The molecule has 0 N–H and O–H groups in total. The Bertz CT molecular complexity index is 549. The average molecular weight is 322 g/mol. The normalized spacial score (nSPS) is 28.9. The van der Waals surface area contributed by atoms with Gasteiger partial charge in [0.25, 0.3) is 0 Å². The van der Waals surface area contributed by atoms with Crippen molar-refractivity contribution in [2.75, 3.05) is 6.54 Å². The second-order valence-electron chi connectivity index (χ2n) is 7.71. The molecule has 128 valence electrons. The summed E-state index contributed by atoms with van der Waals surface area (Å²) in [5.74, 6) is -1.27. The van der Waals surface area contributed by atoms with E-state index in [2.05, 4.69) is 0 Å². The van der Waals surface area contributed by atoms with E-state index < -0.39 is 6.04 Å². The van der Waals surface area contributed by atoms with Crippen LogP contribution < -0.4 is 0 Å². The number of nitrogens with zero attached hydrogens (tertiary/aromatic N) is 2. The third-order valence-corrected chi connectivity index (χ3v) is 4.91. The van der Waals surface area contributed by atoms with Crippen molar-refractivity contribution in [3.8, 4) is 0 Å². The zero-order chi connectivity index (χ0) is 17.5. The molecule has 2 aliphatic rings. The fraction of sp³-hybridized carbons (Fsp3) is 0.765. The van der Waals surface area contributed by atoms with Crippen molar-refractivity contribution in [2.24, 2.45) is 11.3 Å². The lowest BCUT2D eigenvalue weighted by Gasteiger charge is -2.26. The molecule has 23 heavy (non-hydrogen) atoms. The Morgan fingerprint density at radius 1 is 1.17 bits per heavy atom. The van der Waals surface area contributed by atoms with Crippen LogP contribution in [0, 0.1) is 11.3 Å². The predicted molar refractivity (Wildman–Crippen MR) is 84.3 cm³/mol. The summed E-state index contributed by atoms with van der Waals surface area (Å²) in [6.07, 6.45) is 1.29. The second-order valence-corrected chi connectivity index (χ2v) is 7.71. The minimum Gasteiger partial charge on any atom is -0.331 e. The molecule has 2 fully saturated rings. The molecule has 3 atom stereocenters. The van der Waals surface area contributed by atoms with Gasteiger partial charge >= 0.3 is 0 Å². The lowest BCUT2D eigenvalue weighted by Crippen LogP contribution is -2.47. The predicted octanol–water partition coefficient (Wildman–Crippen LogP) is 1.38. The van der Waals surface area contributed by atoms with Gasteiger partial charge in [-0.25, -0.2) is 0 Å². The number of hydrogen-bond donors (Lipinski definition) is 0. The maximum atomic E-state index is 12.7. The van der Waals surface area contributed by atoms with E-state index in [4.69, 9.17) is 0 Å². The molecule has 3 amide bonds. The monoisotopic (exact) mass is 322 g/mol. The van der Waals surface area contributed by atoms with E-state index in [-0.39, 0.29) is 53.8 Å². The van der Waals surface area contributed by atoms with Gasteiger partial charge in [0.05, 0.1) is 12.5 Å². The summed E-state index contributed by atoms with van der Waals surface area (Å²) in [5.41, 5.74) is -0.313. The minimum atomic E-state index is -0.744. The highest BCUT2D eigenvalue weighted by atomic mass is 16.2. The van der Waals surface area contributed by atoms with E-state index in [0.717, 1.165) is 0 Å². The van der Waals surface area contributed by atoms with Crippen LogP contribution in [0.5, 0.6) is 0 Å². The zero-order valence-corrected chi connectivity index (χ0v) is 14.6. The van der Waals surface area contributed by atoms with Crippen molar-refractivity contribution in [3.63, 3.8) is 0 Å². The summed E-state index contributed by atoms with van der Waals surface area (Å²) in [6, 6.07) is -0.836. The van der Waals surface area contributed by atoms with Crippen LogP contribution in [-0.2, 0) is 19.2 Å². The third-order valence-electron chi connectivity index (χ3n) is 4.91. The molecule has 0 bridgehead atoms. The van der Waals surface area contributed by atoms with Gasteiger partial charge in [-0.15, -0.1) is 0 Å². The number of likely N-dealkylation sites (tertiary alicyclic amines) is 2. The van der Waals surface area contributed by atoms with Crippen LogP contribution in [0.15, 0.2) is 0 Å². The van der Waals surface area contributed by atoms with Crippen molar-refractivity contribution in [3.05, 3.63) is 0 Å². The van der Waals surface area contributed by atoms with Gasteiger partial charge < -0.3 is 4.90 Å². The Morgan fingerprint density at radius 3 is 2.22 bits per heavy atom. The van der Waals surface area contributed by atoms with E-state index in [1.807, 2.05) is 27.7 Å². The number of amides is 3. The van der Waals surface area contributed by atoms with Gasteiger partial charge in [-0.05, 0) is 25.2 Å². The van der Waals surface area contributed by atoms with Gasteiger partial charge in [-0.1, -0.05) is 27.7 Å². The minimum absolute atomic E-state index is 0.0484. The molecule has 6 heteroatoms. The molecule has 0 aromatic rings. The number of Topliss-reactive ketones (excluding diaryl/α,β-unsaturated/α-hetero) is 1. The molecule has 0 aromatic heterocycles. The molecule has 0 aromatic carbocycles. The Kier molecular flexibility index (Phi) is 4.64. The lowest BCUT2D eigenvalue weighted by atomic mass is 9.80. The average Bonchev–Trinajstić information content (AvgIpc) is 2.88. The maximum absolute atomic E-state index is 12.7. The second kappa shape index (κ2) is 6.06. The summed E-state index contributed by atoms with van der Waals surface area (Å²) in [6.45, 7) is 9.22. The SMILES string of the molecule is CCC1CC(N2C(=O)CC(C(C)(C)C)C2=O)C(=O)N1CC(C)=O. The smallest absolute Gasteiger partial charge is 0.246 e. The van der Waals surface area contributed by atoms with Crippen molar-refractivity contribution in [2.45, 2.75) is 66.0 Å². The van der Waals surface area contributed by atoms with Crippen molar-refractivity contribution >= 4 is 23.5 Å². The maximum Gasteiger partial charge on any atom is 0.246 e. The van der Waals surface area contributed by atoms with Gasteiger partial charge in [0.15, 0.2) is 0 Å². The van der Waals surface area contributed by atoms with E-state index >= 15 is 0 Å². The van der Waals surface area contributed by atoms with Gasteiger partial charge in [-0.2, -0.15) is 0 Å². The molecule has 0 saturated carbocycles. The first-order valence-electron chi connectivity index (χ1n) is 8.23. The number of rotatable bonds is 4. The first kappa shape index (κ1) is 17.6. The summed E-state index contributed by atoms with van der Waals surface area (Å²) in [4.78, 5) is 51.8. The molecule has 2 heterocycles. The van der Waals surface area contributed by atoms with Crippen LogP contribution in [0.2, 0.25) is 0 Å². The number of carbonyl (C=O) groups excluding carboxylic acids is 4. The molecule has 2 aliphatic heterocycles. The Hall–Kier alpha value is -1.72. The quantitative estimate of drug-likeness (QED) is 0.733. The summed E-state index contributed by atoms with van der Waals surface area (Å²) in [5, 5.41) is 0. The van der Waals surface area contributed by atoms with Crippen LogP contribution in [-0.4, -0.2) is 51.9 Å². The highest BCUT2D eigenvalue weighted by Crippen LogP contribution is 2.38. The van der Waals surface area contributed by atoms with Gasteiger partial charge in [0, 0.05) is 12.5 Å². The Morgan fingerprint density at radius 2 is 1.78 bits per heavy atom. The molecule has 3 unspecified atom stereocenters. The van der Waals surface area contributed by atoms with E-state index in [1.54, 1.807) is 0 Å². The van der Waals surface area contributed by atoms with Crippen LogP contribution in [0.25, 0.3) is 0 Å². The van der Waals surface area contributed by atoms with Crippen LogP contribution >= 0.6 is 0 Å². The van der Waals surface area contributed by atoms with Gasteiger partial charge in [0.2, 0.25) is 17.7 Å². The number of ketones is 1. The lowest BCUT2D eigenvalue weighted by molar-refractivity contribution is -0.149. The van der Waals surface area contributed by atoms with Crippen molar-refractivity contribution in [1.82, 2.24) is 9.80 Å². The fourth-order valence-electron chi connectivity index (χ4n) is 3.56. The van der Waals surface area contributed by atoms with E-state index in [1.165, 1.54) is 16.7 Å². The van der Waals surface area contributed by atoms with Crippen LogP contribution in [0.4, 0.5) is 0 Å².